The third-order valence-corrected chi connectivity index (χ3v) is 6.80. The minimum Gasteiger partial charge on any atom is -0.387 e. The van der Waals surface area contributed by atoms with Crippen molar-refractivity contribution in [3.63, 3.8) is 0 Å². The number of H-pyrrole nitrogens is 1. The lowest BCUT2D eigenvalue weighted by molar-refractivity contribution is 0.623. The van der Waals surface area contributed by atoms with Crippen molar-refractivity contribution in [3.05, 3.63) is 83.2 Å². The molecule has 0 bridgehead atoms. The molecule has 206 valence electrons. The molecule has 2 aromatic heterocycles. The molecule has 4 aromatic rings. The average molecular weight is 526 g/mol. The second kappa shape index (κ2) is 15.5. The van der Waals surface area contributed by atoms with Crippen LogP contribution in [0.2, 0.25) is 0 Å². The number of nitrogens with two attached hydrogens (primary N) is 1. The molecule has 7 heteroatoms. The van der Waals surface area contributed by atoms with Crippen LogP contribution in [-0.2, 0) is 12.8 Å². The summed E-state index contributed by atoms with van der Waals surface area (Å²) in [6.45, 7) is 8.46. The average Bonchev–Trinajstić information content (AvgIpc) is 3.30. The van der Waals surface area contributed by atoms with E-state index >= 15 is 0 Å². The van der Waals surface area contributed by atoms with Gasteiger partial charge in [0, 0.05) is 35.4 Å². The van der Waals surface area contributed by atoms with E-state index in [1.165, 1.54) is 45.3 Å². The van der Waals surface area contributed by atoms with E-state index in [0.717, 1.165) is 62.8 Å². The third-order valence-electron chi connectivity index (χ3n) is 6.80. The quantitative estimate of drug-likeness (QED) is 0.0529. The predicted molar refractivity (Wildman–Crippen MR) is 163 cm³/mol. The predicted octanol–water partition coefficient (Wildman–Crippen LogP) is 7.78. The maximum atomic E-state index is 6.21. The highest BCUT2D eigenvalue weighted by molar-refractivity contribution is 5.94. The van der Waals surface area contributed by atoms with Crippen LogP contribution in [0.25, 0.3) is 22.2 Å². The van der Waals surface area contributed by atoms with Crippen molar-refractivity contribution < 1.29 is 0 Å². The summed E-state index contributed by atoms with van der Waals surface area (Å²) in [6.07, 6.45) is 11.2. The normalized spacial score (nSPS) is 11.4. The molecule has 0 aliphatic heterocycles. The summed E-state index contributed by atoms with van der Waals surface area (Å²) in [5.74, 6) is 0.709. The molecular weight excluding hydrogens is 482 g/mol. The van der Waals surface area contributed by atoms with Crippen molar-refractivity contribution in [1.82, 2.24) is 15.3 Å². The molecule has 39 heavy (non-hydrogen) atoms. The minimum absolute atomic E-state index is 0.709. The monoisotopic (exact) mass is 525 g/mol. The van der Waals surface area contributed by atoms with E-state index in [1.54, 1.807) is 0 Å². The molecule has 0 unspecified atom stereocenters. The number of benzene rings is 2. The fourth-order valence-corrected chi connectivity index (χ4v) is 4.97. The maximum absolute atomic E-state index is 6.21. The number of unbranched alkanes of at least 4 members (excludes halogenated alkanes) is 2. The zero-order valence-electron chi connectivity index (χ0n) is 23.6. The van der Waals surface area contributed by atoms with Gasteiger partial charge >= 0.3 is 0 Å². The van der Waals surface area contributed by atoms with Gasteiger partial charge in [0.25, 0.3) is 0 Å². The molecule has 0 saturated carbocycles. The Morgan fingerprint density at radius 1 is 0.974 bits per heavy atom. The molecule has 0 aliphatic carbocycles. The summed E-state index contributed by atoms with van der Waals surface area (Å²) < 4.78 is 0. The number of rotatable bonds is 13. The number of aryl methyl sites for hydroxylation is 3. The molecule has 0 amide bonds. The molecule has 0 atom stereocenters. The fraction of sp³-hybridized carbons (Fsp3) is 0.375. The van der Waals surface area contributed by atoms with Gasteiger partial charge in [0.15, 0.2) is 0 Å². The summed E-state index contributed by atoms with van der Waals surface area (Å²) in [6, 6.07) is 17.3. The Balaban J connectivity index is 0.00000205. The molecule has 0 radical (unpaired) electrons. The second-order valence-electron chi connectivity index (χ2n) is 10.1. The maximum Gasteiger partial charge on any atom is 0.0996 e. The Morgan fingerprint density at radius 2 is 1.77 bits per heavy atom. The van der Waals surface area contributed by atoms with E-state index in [9.17, 15) is 0 Å². The Labute approximate surface area is 232 Å². The van der Waals surface area contributed by atoms with Crippen molar-refractivity contribution >= 4 is 22.4 Å². The first-order valence-corrected chi connectivity index (χ1v) is 13.9. The number of fused-ring (bicyclic) bond motifs is 1. The molecule has 2 heterocycles. The number of amidine groups is 1. The van der Waals surface area contributed by atoms with Crippen LogP contribution in [0.5, 0.6) is 0 Å². The van der Waals surface area contributed by atoms with Gasteiger partial charge in [-0.3, -0.25) is 4.98 Å². The first-order chi connectivity index (χ1) is 19.0. The Bertz CT molecular complexity index is 1320. The largest absolute Gasteiger partial charge is 0.387 e. The summed E-state index contributed by atoms with van der Waals surface area (Å²) in [5.41, 5.74) is 25.9. The molecule has 0 saturated heterocycles. The number of nitrogens with one attached hydrogen (secondary N) is 4. The number of aromatic amines is 1. The van der Waals surface area contributed by atoms with Gasteiger partial charge in [-0.25, -0.2) is 16.1 Å². The van der Waals surface area contributed by atoms with Crippen LogP contribution in [0.4, 0.5) is 5.69 Å². The van der Waals surface area contributed by atoms with Gasteiger partial charge in [-0.2, -0.15) is 0 Å². The highest BCUT2D eigenvalue weighted by Gasteiger charge is 2.14. The van der Waals surface area contributed by atoms with Crippen LogP contribution >= 0.6 is 0 Å². The lowest BCUT2D eigenvalue weighted by atomic mass is 9.99. The molecule has 4 rings (SSSR count). The van der Waals surface area contributed by atoms with Crippen LogP contribution in [-0.4, -0.2) is 28.9 Å². The molecule has 7 nitrogen and oxygen atoms in total. The Morgan fingerprint density at radius 3 is 2.49 bits per heavy atom. The van der Waals surface area contributed by atoms with E-state index in [1.807, 2.05) is 18.5 Å². The van der Waals surface area contributed by atoms with Crippen molar-refractivity contribution in [3.8, 4) is 11.3 Å². The van der Waals surface area contributed by atoms with Gasteiger partial charge in [-0.1, -0.05) is 36.6 Å². The van der Waals surface area contributed by atoms with Crippen molar-refractivity contribution in [2.24, 2.45) is 10.7 Å². The molecule has 0 spiro atoms. The topological polar surface area (TPSA) is 127 Å². The van der Waals surface area contributed by atoms with Gasteiger partial charge in [0.1, 0.15) is 0 Å². The van der Waals surface area contributed by atoms with Gasteiger partial charge in [0.2, 0.25) is 0 Å². The first-order valence-electron chi connectivity index (χ1n) is 13.9. The highest BCUT2D eigenvalue weighted by atomic mass is 14.9. The second-order valence-corrected chi connectivity index (χ2v) is 10.1. The lowest BCUT2D eigenvalue weighted by Crippen LogP contribution is -2.18. The number of hydrogen-bond donors (Lipinski definition) is 5. The van der Waals surface area contributed by atoms with Crippen LogP contribution < -0.4 is 11.1 Å². The Kier molecular flexibility index (Phi) is 11.8. The van der Waals surface area contributed by atoms with Crippen molar-refractivity contribution in [1.29, 1.82) is 11.1 Å². The highest BCUT2D eigenvalue weighted by Crippen LogP contribution is 2.34. The Hall–Kier alpha value is -3.84. The number of aromatic nitrogens is 2. The van der Waals surface area contributed by atoms with Crippen LogP contribution in [0, 0.1) is 24.9 Å². The zero-order valence-corrected chi connectivity index (χ0v) is 23.6. The SMILES string of the molecule is CCCCC(N)=Nc1ccc2[nH]c(-c3cc(C)cc(C)c3)c(CCNCCCCc3cccnc3)c2c1.N=N. The van der Waals surface area contributed by atoms with Gasteiger partial charge in [0.05, 0.1) is 11.5 Å². The zero-order chi connectivity index (χ0) is 28.0. The minimum atomic E-state index is 0.709. The van der Waals surface area contributed by atoms with Crippen LogP contribution in [0.1, 0.15) is 61.3 Å². The lowest BCUT2D eigenvalue weighted by Gasteiger charge is -2.09. The number of nitrogens with zero attached hydrogens (tertiary/aromatic N) is 2. The standard InChI is InChI=1S/C32H41N5.H2N2/c1-4-5-11-31(33)36-27-12-13-30-29(21-27)28(32(37-30)26-19-23(2)18-24(3)20-26)14-17-34-15-7-6-9-25-10-8-16-35-22-25;1-2/h8,10,12-13,16,18-22,34,37H,4-7,9,11,14-15,17H2,1-3H3,(H2,33,36);1-2H. The van der Waals surface area contributed by atoms with Crippen molar-refractivity contribution in [2.45, 2.75) is 65.7 Å². The van der Waals surface area contributed by atoms with Gasteiger partial charge in [-0.05, 0) is 112 Å². The number of hydrogen-bond acceptors (Lipinski definition) is 5. The number of aliphatic imine (C=N–C) groups is 1. The summed E-state index contributed by atoms with van der Waals surface area (Å²) >= 11 is 0. The van der Waals surface area contributed by atoms with E-state index in [4.69, 9.17) is 21.8 Å². The van der Waals surface area contributed by atoms with Gasteiger partial charge < -0.3 is 16.0 Å². The van der Waals surface area contributed by atoms with Crippen LogP contribution in [0.3, 0.4) is 0 Å². The smallest absolute Gasteiger partial charge is 0.0996 e. The molecule has 6 N–H and O–H groups in total. The molecular formula is C32H43N7. The summed E-state index contributed by atoms with van der Waals surface area (Å²) in [5, 5.41) is 4.90. The van der Waals surface area contributed by atoms with E-state index in [0.29, 0.717) is 5.84 Å². The first kappa shape index (κ1) is 29.7. The van der Waals surface area contributed by atoms with Gasteiger partial charge in [-0.15, -0.1) is 0 Å². The fourth-order valence-electron chi connectivity index (χ4n) is 4.97. The van der Waals surface area contributed by atoms with E-state index in [2.05, 4.69) is 78.5 Å². The summed E-state index contributed by atoms with van der Waals surface area (Å²) in [7, 11) is 0. The molecule has 2 aromatic carbocycles. The van der Waals surface area contributed by atoms with E-state index in [-0.39, 0.29) is 0 Å². The molecule has 0 fully saturated rings. The summed E-state index contributed by atoms with van der Waals surface area (Å²) in [4.78, 5) is 12.6. The van der Waals surface area contributed by atoms with Crippen LogP contribution in [0.15, 0.2) is 65.9 Å². The third kappa shape index (κ3) is 8.86. The van der Waals surface area contributed by atoms with Crippen molar-refractivity contribution in [2.75, 3.05) is 13.1 Å². The molecule has 0 aliphatic rings. The van der Waals surface area contributed by atoms with E-state index < -0.39 is 0 Å². The number of pyridine rings is 1.